The smallest absolute Gasteiger partial charge is 0.242 e. The van der Waals surface area contributed by atoms with Gasteiger partial charge in [0.25, 0.3) is 0 Å². The van der Waals surface area contributed by atoms with Crippen LogP contribution < -0.4 is 15.2 Å². The van der Waals surface area contributed by atoms with E-state index in [0.29, 0.717) is 5.75 Å². The molecule has 0 saturated heterocycles. The summed E-state index contributed by atoms with van der Waals surface area (Å²) < 4.78 is 32.8. The van der Waals surface area contributed by atoms with Crippen LogP contribution in [-0.2, 0) is 10.0 Å². The quantitative estimate of drug-likeness (QED) is 0.604. The Kier molecular flexibility index (Phi) is 5.22. The Morgan fingerprint density at radius 2 is 1.86 bits per heavy atom. The summed E-state index contributed by atoms with van der Waals surface area (Å²) in [6.45, 7) is 0.395. The normalized spacial score (nSPS) is 11.3. The lowest BCUT2D eigenvalue weighted by Gasteiger charge is -2.10. The van der Waals surface area contributed by atoms with E-state index in [0.717, 1.165) is 4.47 Å². The third-order valence-corrected chi connectivity index (χ3v) is 4.70. The minimum atomic E-state index is -3.64. The van der Waals surface area contributed by atoms with Gasteiger partial charge in [0.15, 0.2) is 0 Å². The molecule has 0 bridgehead atoms. The number of nitrogen functional groups attached to an aromatic ring is 1. The monoisotopic (exact) mass is 370 g/mol. The summed E-state index contributed by atoms with van der Waals surface area (Å²) in [5.41, 5.74) is 5.92. The average molecular weight is 371 g/mol. The van der Waals surface area contributed by atoms with Crippen molar-refractivity contribution in [2.45, 2.75) is 4.90 Å². The van der Waals surface area contributed by atoms with Crippen molar-refractivity contribution in [2.24, 2.45) is 0 Å². The van der Waals surface area contributed by atoms with Crippen molar-refractivity contribution in [1.82, 2.24) is 4.72 Å². The summed E-state index contributed by atoms with van der Waals surface area (Å²) in [6.07, 6.45) is 0. The molecule has 2 rings (SSSR count). The van der Waals surface area contributed by atoms with Gasteiger partial charge in [-0.3, -0.25) is 0 Å². The molecule has 0 heterocycles. The van der Waals surface area contributed by atoms with Crippen LogP contribution in [0.2, 0.25) is 0 Å². The maximum Gasteiger partial charge on any atom is 0.242 e. The van der Waals surface area contributed by atoms with Crippen LogP contribution >= 0.6 is 15.9 Å². The van der Waals surface area contributed by atoms with Crippen LogP contribution in [-0.4, -0.2) is 21.6 Å². The number of nitrogens with two attached hydrogens (primary N) is 1. The summed E-state index contributed by atoms with van der Waals surface area (Å²) in [4.78, 5) is 0.0606. The number of benzene rings is 2. The highest BCUT2D eigenvalue weighted by Gasteiger charge is 2.16. The first kappa shape index (κ1) is 15.8. The molecule has 2 aromatic carbocycles. The van der Waals surface area contributed by atoms with E-state index in [1.807, 2.05) is 18.2 Å². The minimum absolute atomic E-state index is 0.0606. The van der Waals surface area contributed by atoms with Gasteiger partial charge in [0.2, 0.25) is 10.0 Å². The molecule has 0 fully saturated rings. The van der Waals surface area contributed by atoms with E-state index in [4.69, 9.17) is 10.5 Å². The second kappa shape index (κ2) is 6.93. The number of para-hydroxylation sites is 1. The van der Waals surface area contributed by atoms with Gasteiger partial charge in [0.05, 0.1) is 5.69 Å². The van der Waals surface area contributed by atoms with Gasteiger partial charge in [-0.15, -0.1) is 0 Å². The topological polar surface area (TPSA) is 81.4 Å². The zero-order valence-corrected chi connectivity index (χ0v) is 13.5. The Morgan fingerprint density at radius 3 is 2.52 bits per heavy atom. The molecule has 2 aromatic rings. The van der Waals surface area contributed by atoms with Crippen LogP contribution in [0.4, 0.5) is 5.69 Å². The van der Waals surface area contributed by atoms with E-state index in [-0.39, 0.29) is 23.7 Å². The van der Waals surface area contributed by atoms with Crippen molar-refractivity contribution in [2.75, 3.05) is 18.9 Å². The van der Waals surface area contributed by atoms with Crippen LogP contribution in [0.3, 0.4) is 0 Å². The number of ether oxygens (including phenoxy) is 1. The van der Waals surface area contributed by atoms with Crippen molar-refractivity contribution in [1.29, 1.82) is 0 Å². The highest BCUT2D eigenvalue weighted by Crippen LogP contribution is 2.22. The molecule has 0 aliphatic carbocycles. The number of rotatable bonds is 6. The lowest BCUT2D eigenvalue weighted by atomic mass is 10.3. The number of nitrogens with one attached hydrogen (secondary N) is 1. The van der Waals surface area contributed by atoms with Gasteiger partial charge >= 0.3 is 0 Å². The predicted molar refractivity (Wildman–Crippen MR) is 85.7 cm³/mol. The van der Waals surface area contributed by atoms with E-state index in [1.165, 1.54) is 6.07 Å². The first-order chi connectivity index (χ1) is 9.99. The molecule has 0 amide bonds. The molecule has 0 unspecified atom stereocenters. The maximum atomic E-state index is 12.1. The average Bonchev–Trinajstić information content (AvgIpc) is 2.44. The molecule has 0 aliphatic rings. The van der Waals surface area contributed by atoms with Crippen LogP contribution in [0.15, 0.2) is 57.9 Å². The molecular weight excluding hydrogens is 356 g/mol. The van der Waals surface area contributed by atoms with Crippen LogP contribution in [0, 0.1) is 0 Å². The molecule has 0 aromatic heterocycles. The molecule has 0 saturated carbocycles. The van der Waals surface area contributed by atoms with E-state index < -0.39 is 10.0 Å². The van der Waals surface area contributed by atoms with Gasteiger partial charge in [-0.1, -0.05) is 34.1 Å². The number of halogens is 1. The molecule has 112 valence electrons. The zero-order chi connectivity index (χ0) is 15.3. The Labute approximate surface area is 132 Å². The summed E-state index contributed by atoms with van der Waals surface area (Å²) in [7, 11) is -3.64. The lowest BCUT2D eigenvalue weighted by molar-refractivity contribution is 0.323. The van der Waals surface area contributed by atoms with Crippen molar-refractivity contribution >= 4 is 31.6 Å². The van der Waals surface area contributed by atoms with Crippen molar-refractivity contribution in [3.05, 3.63) is 53.0 Å². The number of hydrogen-bond donors (Lipinski definition) is 2. The van der Waals surface area contributed by atoms with Gasteiger partial charge in [-0.2, -0.15) is 0 Å². The third kappa shape index (κ3) is 4.45. The van der Waals surface area contributed by atoms with Crippen LogP contribution in [0.5, 0.6) is 5.75 Å². The van der Waals surface area contributed by atoms with Crippen LogP contribution in [0.1, 0.15) is 0 Å². The summed E-state index contributed by atoms with van der Waals surface area (Å²) in [5, 5.41) is 0. The zero-order valence-electron chi connectivity index (χ0n) is 11.1. The van der Waals surface area contributed by atoms with Crippen molar-refractivity contribution < 1.29 is 13.2 Å². The fraction of sp³-hybridized carbons (Fsp3) is 0.143. The summed E-state index contributed by atoms with van der Waals surface area (Å²) in [5.74, 6) is 0.694. The molecular formula is C14H15BrN2O3S. The Hall–Kier alpha value is -1.57. The van der Waals surface area contributed by atoms with Gasteiger partial charge in [0.1, 0.15) is 17.3 Å². The van der Waals surface area contributed by atoms with Crippen LogP contribution in [0.25, 0.3) is 0 Å². The van der Waals surface area contributed by atoms with Gasteiger partial charge in [-0.25, -0.2) is 13.1 Å². The SMILES string of the molecule is Nc1cc(Br)ccc1S(=O)(=O)NCCOc1ccccc1. The summed E-state index contributed by atoms with van der Waals surface area (Å²) in [6, 6.07) is 13.8. The lowest BCUT2D eigenvalue weighted by Crippen LogP contribution is -2.28. The number of sulfonamides is 1. The van der Waals surface area contributed by atoms with Gasteiger partial charge in [-0.05, 0) is 30.3 Å². The molecule has 0 radical (unpaired) electrons. The standard InChI is InChI=1S/C14H15BrN2O3S/c15-11-6-7-14(13(16)10-11)21(18,19)17-8-9-20-12-4-2-1-3-5-12/h1-7,10,17H,8-9,16H2. The number of anilines is 1. The van der Waals surface area contributed by atoms with Gasteiger partial charge < -0.3 is 10.5 Å². The maximum absolute atomic E-state index is 12.1. The third-order valence-electron chi connectivity index (χ3n) is 2.67. The second-order valence-corrected chi connectivity index (χ2v) is 6.89. The van der Waals surface area contributed by atoms with E-state index in [2.05, 4.69) is 20.7 Å². The Bertz CT molecular complexity index is 705. The molecule has 5 nitrogen and oxygen atoms in total. The highest BCUT2D eigenvalue weighted by molar-refractivity contribution is 9.10. The number of hydrogen-bond acceptors (Lipinski definition) is 4. The first-order valence-corrected chi connectivity index (χ1v) is 8.49. The molecule has 21 heavy (non-hydrogen) atoms. The minimum Gasteiger partial charge on any atom is -0.492 e. The predicted octanol–water partition coefficient (Wildman–Crippen LogP) is 2.39. The van der Waals surface area contributed by atoms with E-state index in [9.17, 15) is 8.42 Å². The largest absolute Gasteiger partial charge is 0.492 e. The molecule has 0 spiro atoms. The first-order valence-electron chi connectivity index (χ1n) is 6.21. The fourth-order valence-electron chi connectivity index (χ4n) is 1.70. The van der Waals surface area contributed by atoms with E-state index in [1.54, 1.807) is 24.3 Å². The fourth-order valence-corrected chi connectivity index (χ4v) is 3.21. The molecule has 7 heteroatoms. The van der Waals surface area contributed by atoms with Crippen molar-refractivity contribution in [3.63, 3.8) is 0 Å². The molecule has 0 atom stereocenters. The second-order valence-electron chi connectivity index (χ2n) is 4.24. The van der Waals surface area contributed by atoms with Crippen molar-refractivity contribution in [3.8, 4) is 5.75 Å². The van der Waals surface area contributed by atoms with Gasteiger partial charge in [0, 0.05) is 11.0 Å². The van der Waals surface area contributed by atoms with E-state index >= 15 is 0 Å². The highest BCUT2D eigenvalue weighted by atomic mass is 79.9. The summed E-state index contributed by atoms with van der Waals surface area (Å²) >= 11 is 3.24. The Morgan fingerprint density at radius 1 is 1.14 bits per heavy atom. The molecule has 3 N–H and O–H groups in total. The molecule has 0 aliphatic heterocycles. The Balaban J connectivity index is 1.92.